The van der Waals surface area contributed by atoms with Crippen LogP contribution in [0, 0.1) is 5.92 Å². The standard InChI is InChI=1S/C47H80O20P2/c1-3-5-7-8-9-10-11-12-13-14-15-16-17-18-24-28-40(51)64-35-32-62-39(50)27-23-20-19-22-26-36-37(49)31-41(52)65-38(30-29-34(48)25-21-6-4-2)43(54)46(66-68(57,58)59)47(45(56)44(55)42(36)53)67-69(60,61)63-33-35/h9-10,12-13,15-16,19,22,29-30,34-38,41-49,52-56H,3-8,11,14,17-18,20-21,23-28,31-33H2,1-2H3,(H,60,61)(H2,57,58,59)/b10-9-,13-12-,16-15-,22-19?,30-29?/t34-,35+,36-,37-,38+,41?,42+,43+,44-,45+,46+,47-/m0/s1. The van der Waals surface area contributed by atoms with Gasteiger partial charge in [0.15, 0.2) is 12.4 Å². The van der Waals surface area contributed by atoms with Gasteiger partial charge in [0, 0.05) is 25.2 Å². The van der Waals surface area contributed by atoms with Crippen LogP contribution in [0.1, 0.15) is 136 Å². The van der Waals surface area contributed by atoms with Crippen molar-refractivity contribution in [3.63, 3.8) is 0 Å². The molecule has 1 saturated heterocycles. The maximum absolute atomic E-state index is 13.8. The molecule has 0 aliphatic carbocycles. The normalized spacial score (nSPS) is 31.7. The van der Waals surface area contributed by atoms with Crippen LogP contribution in [0.15, 0.2) is 60.8 Å². The molecule has 69 heavy (non-hydrogen) atoms. The van der Waals surface area contributed by atoms with Gasteiger partial charge in [0.05, 0.1) is 24.9 Å². The van der Waals surface area contributed by atoms with Crippen molar-refractivity contribution < 1.29 is 96.9 Å². The molecule has 13 atom stereocenters. The van der Waals surface area contributed by atoms with E-state index in [0.29, 0.717) is 25.7 Å². The van der Waals surface area contributed by atoms with Crippen LogP contribution in [0.3, 0.4) is 0 Å². The van der Waals surface area contributed by atoms with Gasteiger partial charge in [-0.3, -0.25) is 23.2 Å². The minimum Gasteiger partial charge on any atom is -0.462 e. The molecule has 20 nitrogen and oxygen atoms in total. The summed E-state index contributed by atoms with van der Waals surface area (Å²) < 4.78 is 57.7. The number of fused-ring (bicyclic) bond motifs is 4. The molecule has 0 aromatic rings. The maximum atomic E-state index is 13.8. The highest BCUT2D eigenvalue weighted by Gasteiger charge is 2.50. The summed E-state index contributed by atoms with van der Waals surface area (Å²) in [5.74, 6) is -2.94. The Morgan fingerprint density at radius 1 is 0.855 bits per heavy atom. The molecule has 2 aliphatic rings. The summed E-state index contributed by atoms with van der Waals surface area (Å²) in [6.07, 6.45) is 3.93. The van der Waals surface area contributed by atoms with Gasteiger partial charge in [-0.25, -0.2) is 9.13 Å². The Labute approximate surface area is 406 Å². The van der Waals surface area contributed by atoms with E-state index in [1.807, 2.05) is 19.1 Å². The number of aliphatic hydroxyl groups is 7. The lowest BCUT2D eigenvalue weighted by molar-refractivity contribution is -0.210. The molecule has 0 aromatic heterocycles. The Kier molecular flexibility index (Phi) is 31.6. The number of hydrogen-bond donors (Lipinski definition) is 10. The maximum Gasteiger partial charge on any atom is 0.472 e. The highest BCUT2D eigenvalue weighted by atomic mass is 31.2. The summed E-state index contributed by atoms with van der Waals surface area (Å²) in [5, 5.41) is 79.0. The predicted molar refractivity (Wildman–Crippen MR) is 254 cm³/mol. The average Bonchev–Trinajstić information content (AvgIpc) is 3.29. The third-order valence-electron chi connectivity index (χ3n) is 11.4. The molecule has 0 aromatic carbocycles. The third kappa shape index (κ3) is 27.3. The van der Waals surface area contributed by atoms with Gasteiger partial charge in [-0.1, -0.05) is 107 Å². The van der Waals surface area contributed by atoms with E-state index in [1.54, 1.807) is 6.08 Å². The topological polar surface area (TPSA) is 326 Å². The quantitative estimate of drug-likeness (QED) is 0.0289. The van der Waals surface area contributed by atoms with Gasteiger partial charge < -0.3 is 64.6 Å². The van der Waals surface area contributed by atoms with E-state index in [0.717, 1.165) is 44.3 Å². The molecule has 2 bridgehead atoms. The minimum absolute atomic E-state index is 0.0893. The monoisotopic (exact) mass is 1030 g/mol. The molecular weight excluding hydrogens is 946 g/mol. The first-order valence-electron chi connectivity index (χ1n) is 24.2. The van der Waals surface area contributed by atoms with Gasteiger partial charge in [0.25, 0.3) is 0 Å². The van der Waals surface area contributed by atoms with Crippen LogP contribution < -0.4 is 0 Å². The molecule has 0 spiro atoms. The van der Waals surface area contributed by atoms with Crippen molar-refractivity contribution in [3.8, 4) is 0 Å². The molecule has 2 unspecified atom stereocenters. The van der Waals surface area contributed by atoms with Crippen molar-refractivity contribution in [2.24, 2.45) is 5.92 Å². The Morgan fingerprint density at radius 3 is 2.14 bits per heavy atom. The van der Waals surface area contributed by atoms with Gasteiger partial charge in [0.1, 0.15) is 43.2 Å². The first-order valence-corrected chi connectivity index (χ1v) is 27.3. The largest absolute Gasteiger partial charge is 0.472 e. The number of allylic oxidation sites excluding steroid dienone is 8. The summed E-state index contributed by atoms with van der Waals surface area (Å²) in [6.45, 7) is 2.45. The Morgan fingerprint density at radius 2 is 1.49 bits per heavy atom. The van der Waals surface area contributed by atoms with Gasteiger partial charge in [0.2, 0.25) is 0 Å². The zero-order chi connectivity index (χ0) is 51.2. The van der Waals surface area contributed by atoms with Crippen molar-refractivity contribution in [2.45, 2.75) is 203 Å². The molecule has 22 heteroatoms. The predicted octanol–water partition coefficient (Wildman–Crippen LogP) is 5.17. The highest BCUT2D eigenvalue weighted by molar-refractivity contribution is 7.47. The van der Waals surface area contributed by atoms with Crippen molar-refractivity contribution in [1.82, 2.24) is 0 Å². The number of carbonyl (C=O) groups is 2. The number of rotatable bonds is 22. The SMILES string of the molecule is CCCCC/C=C\C/C=C\C/C=C\CCCCC(=O)O[C@@H]1COC(=O)CCCC=CC[C@@H]2[C@@H](O)[C@H](O)[C@@H](O)[C@H](OP(=O)(O)OC1)[C@H](OP(=O)(O)O)[C@H](O)[C@@H](C=C[C@@H](O)CCCCC)OC(O)C[C@@H]2O. The number of hydrogen-bond acceptors (Lipinski definition) is 17. The van der Waals surface area contributed by atoms with Gasteiger partial charge >= 0.3 is 27.6 Å². The van der Waals surface area contributed by atoms with Crippen LogP contribution in [0.4, 0.5) is 0 Å². The fourth-order valence-corrected chi connectivity index (χ4v) is 9.02. The molecule has 10 N–H and O–H groups in total. The van der Waals surface area contributed by atoms with E-state index < -0.39 is 120 Å². The van der Waals surface area contributed by atoms with Crippen molar-refractivity contribution in [3.05, 3.63) is 60.8 Å². The molecule has 0 amide bonds. The molecule has 2 heterocycles. The van der Waals surface area contributed by atoms with Crippen molar-refractivity contribution in [1.29, 1.82) is 0 Å². The molecular formula is C47H80O20P2. The Hall–Kier alpha value is -2.46. The molecule has 2 aliphatic heterocycles. The summed E-state index contributed by atoms with van der Waals surface area (Å²) in [6, 6.07) is 0. The number of esters is 2. The summed E-state index contributed by atoms with van der Waals surface area (Å²) >= 11 is 0. The van der Waals surface area contributed by atoms with Gasteiger partial charge in [-0.05, 0) is 70.6 Å². The molecule has 0 saturated carbocycles. The van der Waals surface area contributed by atoms with Crippen molar-refractivity contribution in [2.75, 3.05) is 13.2 Å². The fourth-order valence-electron chi connectivity index (χ4n) is 7.49. The van der Waals surface area contributed by atoms with E-state index in [-0.39, 0.29) is 38.5 Å². The third-order valence-corrected chi connectivity index (χ3v) is 12.9. The first-order chi connectivity index (χ1) is 32.8. The van der Waals surface area contributed by atoms with Crippen LogP contribution in [0.5, 0.6) is 0 Å². The van der Waals surface area contributed by atoms with Crippen LogP contribution in [-0.2, 0) is 46.5 Å². The Bertz CT molecular complexity index is 1680. The summed E-state index contributed by atoms with van der Waals surface area (Å²) in [7, 11) is -11.5. The second-order valence-corrected chi connectivity index (χ2v) is 19.9. The van der Waals surface area contributed by atoms with E-state index in [4.69, 9.17) is 27.8 Å². The highest BCUT2D eigenvalue weighted by Crippen LogP contribution is 2.49. The van der Waals surface area contributed by atoms with Crippen LogP contribution >= 0.6 is 15.6 Å². The van der Waals surface area contributed by atoms with E-state index in [2.05, 4.69) is 31.2 Å². The number of ether oxygens (including phenoxy) is 3. The smallest absolute Gasteiger partial charge is 0.462 e. The second kappa shape index (κ2) is 34.8. The molecule has 0 radical (unpaired) electrons. The molecule has 2 rings (SSSR count). The number of cyclic esters (lactones) is 1. The van der Waals surface area contributed by atoms with Gasteiger partial charge in [-0.15, -0.1) is 0 Å². The number of aliphatic hydroxyl groups excluding tert-OH is 7. The number of unbranched alkanes of at least 4 members (excludes halogenated alkanes) is 7. The average molecular weight is 1030 g/mol. The lowest BCUT2D eigenvalue weighted by Crippen LogP contribution is -2.58. The summed E-state index contributed by atoms with van der Waals surface area (Å²) in [4.78, 5) is 56.8. The number of phosphoric ester groups is 2. The minimum atomic E-state index is -5.80. The Balaban J connectivity index is 2.41. The lowest BCUT2D eigenvalue weighted by atomic mass is 9.83. The second-order valence-electron chi connectivity index (χ2n) is 17.3. The van der Waals surface area contributed by atoms with Gasteiger partial charge in [-0.2, -0.15) is 0 Å². The zero-order valence-electron chi connectivity index (χ0n) is 40.0. The van der Waals surface area contributed by atoms with E-state index in [1.165, 1.54) is 25.3 Å². The fraction of sp³-hybridized carbons (Fsp3) is 0.745. The molecule has 1 fully saturated rings. The van der Waals surface area contributed by atoms with E-state index in [9.17, 15) is 69.1 Å². The van der Waals surface area contributed by atoms with Crippen LogP contribution in [0.2, 0.25) is 0 Å². The van der Waals surface area contributed by atoms with Crippen LogP contribution in [0.25, 0.3) is 0 Å². The molecule has 398 valence electrons. The zero-order valence-corrected chi connectivity index (χ0v) is 41.8. The number of phosphoric acid groups is 2. The van der Waals surface area contributed by atoms with Crippen molar-refractivity contribution >= 4 is 27.6 Å². The summed E-state index contributed by atoms with van der Waals surface area (Å²) in [5.41, 5.74) is 0. The number of carbonyl (C=O) groups excluding carboxylic acids is 2. The van der Waals surface area contributed by atoms with E-state index >= 15 is 0 Å². The lowest BCUT2D eigenvalue weighted by Gasteiger charge is -2.41. The van der Waals surface area contributed by atoms with Crippen LogP contribution in [-0.4, -0.2) is 143 Å². The first kappa shape index (κ1) is 62.7.